The second-order valence-electron chi connectivity index (χ2n) is 3.82. The first-order chi connectivity index (χ1) is 5.72. The fourth-order valence-electron chi connectivity index (χ4n) is 1.45. The Morgan fingerprint density at radius 3 is 1.42 bits per heavy atom. The molecule has 0 saturated heterocycles. The van der Waals surface area contributed by atoms with E-state index in [0.717, 1.165) is 37.8 Å². The normalized spacial score (nSPS) is 16.0. The molecule has 2 heteroatoms. The summed E-state index contributed by atoms with van der Waals surface area (Å²) in [6.45, 7) is 6.29. The molecule has 0 rings (SSSR count). The maximum absolute atomic E-state index is 5.46. The van der Waals surface area contributed by atoms with Crippen molar-refractivity contribution < 1.29 is 0 Å². The Labute approximate surface area is 76.7 Å². The Bertz CT molecular complexity index is 81.8. The molecule has 12 heavy (non-hydrogen) atoms. The largest absolute Gasteiger partial charge is 0.330 e. The molecule has 2 atom stereocenters. The fraction of sp³-hybridized carbons (Fsp3) is 1.00. The molecular formula is C10H24N2. The predicted octanol–water partition coefficient (Wildman–Crippen LogP) is 1.74. The molecular weight excluding hydrogens is 148 g/mol. The van der Waals surface area contributed by atoms with Gasteiger partial charge in [0.1, 0.15) is 0 Å². The summed E-state index contributed by atoms with van der Waals surface area (Å²) in [6.07, 6.45) is 4.85. The predicted molar refractivity (Wildman–Crippen MR) is 54.9 cm³/mol. The highest BCUT2D eigenvalue weighted by atomic mass is 14.5. The minimum absolute atomic E-state index is 0.806. The quantitative estimate of drug-likeness (QED) is 0.614. The van der Waals surface area contributed by atoms with E-state index < -0.39 is 0 Å². The highest BCUT2D eigenvalue weighted by Crippen LogP contribution is 2.20. The summed E-state index contributed by atoms with van der Waals surface area (Å²) in [6, 6.07) is 0. The Morgan fingerprint density at radius 2 is 1.17 bits per heavy atom. The average molecular weight is 172 g/mol. The van der Waals surface area contributed by atoms with Gasteiger partial charge >= 0.3 is 0 Å². The van der Waals surface area contributed by atoms with Gasteiger partial charge in [-0.1, -0.05) is 13.8 Å². The van der Waals surface area contributed by atoms with E-state index in [4.69, 9.17) is 11.5 Å². The lowest BCUT2D eigenvalue weighted by atomic mass is 9.88. The smallest absolute Gasteiger partial charge is 0.00772 e. The van der Waals surface area contributed by atoms with Crippen LogP contribution in [0.4, 0.5) is 0 Å². The summed E-state index contributed by atoms with van der Waals surface area (Å²) in [5.41, 5.74) is 10.9. The number of hydrogen-bond acceptors (Lipinski definition) is 2. The zero-order valence-electron chi connectivity index (χ0n) is 8.55. The molecule has 0 spiro atoms. The molecule has 0 aliphatic heterocycles. The first-order valence-electron chi connectivity index (χ1n) is 5.12. The molecule has 2 nitrogen and oxygen atoms in total. The van der Waals surface area contributed by atoms with Crippen LogP contribution in [-0.4, -0.2) is 13.1 Å². The molecule has 2 unspecified atom stereocenters. The van der Waals surface area contributed by atoms with Gasteiger partial charge in [-0.2, -0.15) is 0 Å². The molecule has 0 amide bonds. The van der Waals surface area contributed by atoms with Gasteiger partial charge in [0.15, 0.2) is 0 Å². The average Bonchev–Trinajstić information content (AvgIpc) is 2.10. The molecule has 0 aromatic carbocycles. The maximum atomic E-state index is 5.46. The van der Waals surface area contributed by atoms with Crippen molar-refractivity contribution in [1.29, 1.82) is 0 Å². The van der Waals surface area contributed by atoms with Gasteiger partial charge in [-0.25, -0.2) is 0 Å². The molecule has 0 fully saturated rings. The molecule has 0 radical (unpaired) electrons. The van der Waals surface area contributed by atoms with Crippen LogP contribution >= 0.6 is 0 Å². The van der Waals surface area contributed by atoms with Crippen LogP contribution in [0.2, 0.25) is 0 Å². The van der Waals surface area contributed by atoms with Crippen molar-refractivity contribution >= 4 is 0 Å². The lowest BCUT2D eigenvalue weighted by Gasteiger charge is -2.18. The Morgan fingerprint density at radius 1 is 0.833 bits per heavy atom. The van der Waals surface area contributed by atoms with Crippen molar-refractivity contribution in [2.75, 3.05) is 13.1 Å². The molecule has 74 valence electrons. The highest BCUT2D eigenvalue weighted by molar-refractivity contribution is 4.62. The first kappa shape index (κ1) is 11.9. The summed E-state index contributed by atoms with van der Waals surface area (Å²) in [5.74, 6) is 1.61. The molecule has 0 aliphatic carbocycles. The second-order valence-corrected chi connectivity index (χ2v) is 3.82. The first-order valence-corrected chi connectivity index (χ1v) is 5.12. The monoisotopic (exact) mass is 172 g/mol. The Hall–Kier alpha value is -0.0800. The van der Waals surface area contributed by atoms with Crippen LogP contribution in [0.15, 0.2) is 0 Å². The SMILES string of the molecule is CC(CCCN)C(C)CCCN. The third kappa shape index (κ3) is 5.56. The van der Waals surface area contributed by atoms with Gasteiger partial charge in [-0.3, -0.25) is 0 Å². The second kappa shape index (κ2) is 7.56. The van der Waals surface area contributed by atoms with Crippen LogP contribution in [0.5, 0.6) is 0 Å². The van der Waals surface area contributed by atoms with Crippen molar-refractivity contribution in [3.8, 4) is 0 Å². The van der Waals surface area contributed by atoms with Crippen molar-refractivity contribution in [2.45, 2.75) is 39.5 Å². The van der Waals surface area contributed by atoms with Gasteiger partial charge in [-0.05, 0) is 50.6 Å². The van der Waals surface area contributed by atoms with Gasteiger partial charge in [0.2, 0.25) is 0 Å². The van der Waals surface area contributed by atoms with Crippen LogP contribution in [-0.2, 0) is 0 Å². The highest BCUT2D eigenvalue weighted by Gasteiger charge is 2.10. The van der Waals surface area contributed by atoms with E-state index in [9.17, 15) is 0 Å². The Kier molecular flexibility index (Phi) is 7.51. The van der Waals surface area contributed by atoms with Crippen molar-refractivity contribution in [3.63, 3.8) is 0 Å². The zero-order chi connectivity index (χ0) is 9.40. The maximum Gasteiger partial charge on any atom is -0.00772 e. The summed E-state index contributed by atoms with van der Waals surface area (Å²) in [4.78, 5) is 0. The topological polar surface area (TPSA) is 52.0 Å². The number of nitrogens with two attached hydrogens (primary N) is 2. The molecule has 0 heterocycles. The number of rotatable bonds is 7. The Balaban J connectivity index is 3.39. The third-order valence-corrected chi connectivity index (χ3v) is 2.70. The van der Waals surface area contributed by atoms with Crippen molar-refractivity contribution in [2.24, 2.45) is 23.3 Å². The summed E-state index contributed by atoms with van der Waals surface area (Å²) in [5, 5.41) is 0. The molecule has 0 bridgehead atoms. The van der Waals surface area contributed by atoms with Gasteiger partial charge in [0, 0.05) is 0 Å². The van der Waals surface area contributed by atoms with Crippen LogP contribution in [0, 0.1) is 11.8 Å². The third-order valence-electron chi connectivity index (χ3n) is 2.70. The lowest BCUT2D eigenvalue weighted by molar-refractivity contribution is 0.334. The van der Waals surface area contributed by atoms with E-state index in [1.165, 1.54) is 12.8 Å². The van der Waals surface area contributed by atoms with E-state index in [1.54, 1.807) is 0 Å². The van der Waals surface area contributed by atoms with Crippen LogP contribution in [0.25, 0.3) is 0 Å². The lowest BCUT2D eigenvalue weighted by Crippen LogP contribution is -2.12. The minimum atomic E-state index is 0.806. The van der Waals surface area contributed by atoms with E-state index in [-0.39, 0.29) is 0 Å². The van der Waals surface area contributed by atoms with Crippen LogP contribution < -0.4 is 11.5 Å². The zero-order valence-corrected chi connectivity index (χ0v) is 8.55. The van der Waals surface area contributed by atoms with Gasteiger partial charge < -0.3 is 11.5 Å². The van der Waals surface area contributed by atoms with Gasteiger partial charge in [-0.15, -0.1) is 0 Å². The molecule has 0 aromatic rings. The fourth-order valence-corrected chi connectivity index (χ4v) is 1.45. The van der Waals surface area contributed by atoms with Crippen LogP contribution in [0.1, 0.15) is 39.5 Å². The van der Waals surface area contributed by atoms with E-state index >= 15 is 0 Å². The molecule has 0 aliphatic rings. The summed E-state index contributed by atoms with van der Waals surface area (Å²) in [7, 11) is 0. The van der Waals surface area contributed by atoms with Crippen molar-refractivity contribution in [3.05, 3.63) is 0 Å². The van der Waals surface area contributed by atoms with E-state index in [0.29, 0.717) is 0 Å². The minimum Gasteiger partial charge on any atom is -0.330 e. The summed E-state index contributed by atoms with van der Waals surface area (Å²) < 4.78 is 0. The van der Waals surface area contributed by atoms with Crippen LogP contribution in [0.3, 0.4) is 0 Å². The van der Waals surface area contributed by atoms with E-state index in [2.05, 4.69) is 13.8 Å². The van der Waals surface area contributed by atoms with Gasteiger partial charge in [0.05, 0.1) is 0 Å². The summed E-state index contributed by atoms with van der Waals surface area (Å²) >= 11 is 0. The molecule has 0 aromatic heterocycles. The van der Waals surface area contributed by atoms with Gasteiger partial charge in [0.25, 0.3) is 0 Å². The van der Waals surface area contributed by atoms with Crippen molar-refractivity contribution in [1.82, 2.24) is 0 Å². The molecule has 4 N–H and O–H groups in total. The standard InChI is InChI=1S/C10H24N2/c1-9(5-3-7-11)10(2)6-4-8-12/h9-10H,3-8,11-12H2,1-2H3. The number of hydrogen-bond donors (Lipinski definition) is 2. The van der Waals surface area contributed by atoms with E-state index in [1.807, 2.05) is 0 Å². The molecule has 0 saturated carbocycles.